The molecule has 0 radical (unpaired) electrons. The summed E-state index contributed by atoms with van der Waals surface area (Å²) in [6.07, 6.45) is 1.93. The summed E-state index contributed by atoms with van der Waals surface area (Å²) in [5, 5.41) is 3.32. The quantitative estimate of drug-likeness (QED) is 0.873. The third kappa shape index (κ3) is 3.97. The highest BCUT2D eigenvalue weighted by Crippen LogP contribution is 2.19. The molecule has 1 amide bonds. The molecule has 0 aromatic heterocycles. The van der Waals surface area contributed by atoms with Crippen LogP contribution in [0.5, 0.6) is 5.75 Å². The maximum atomic E-state index is 12.5. The molecule has 1 atom stereocenters. The lowest BCUT2D eigenvalue weighted by molar-refractivity contribution is -0.137. The molecule has 1 heterocycles. The number of nitrogens with one attached hydrogen (secondary N) is 1. The van der Waals surface area contributed by atoms with Crippen molar-refractivity contribution >= 4 is 5.91 Å². The van der Waals surface area contributed by atoms with Crippen molar-refractivity contribution in [2.45, 2.75) is 45.7 Å². The minimum absolute atomic E-state index is 0.0737. The largest absolute Gasteiger partial charge is 0.483 e. The van der Waals surface area contributed by atoms with Crippen LogP contribution in [-0.2, 0) is 11.2 Å². The van der Waals surface area contributed by atoms with E-state index in [1.54, 1.807) is 0 Å². The monoisotopic (exact) mass is 290 g/mol. The van der Waals surface area contributed by atoms with E-state index in [-0.39, 0.29) is 18.6 Å². The van der Waals surface area contributed by atoms with Crippen molar-refractivity contribution in [3.05, 3.63) is 29.8 Å². The van der Waals surface area contributed by atoms with Crippen molar-refractivity contribution in [3.8, 4) is 5.75 Å². The second-order valence-electron chi connectivity index (χ2n) is 5.79. The minimum atomic E-state index is 0.0737. The minimum Gasteiger partial charge on any atom is -0.483 e. The van der Waals surface area contributed by atoms with E-state index in [1.807, 2.05) is 29.2 Å². The molecule has 1 unspecified atom stereocenters. The van der Waals surface area contributed by atoms with Crippen molar-refractivity contribution in [2.75, 3.05) is 19.7 Å². The lowest BCUT2D eigenvalue weighted by Crippen LogP contribution is -2.47. The lowest BCUT2D eigenvalue weighted by atomic mass is 10.1. The Morgan fingerprint density at radius 3 is 2.81 bits per heavy atom. The van der Waals surface area contributed by atoms with Crippen LogP contribution in [0.3, 0.4) is 0 Å². The third-order valence-corrected chi connectivity index (χ3v) is 3.98. The van der Waals surface area contributed by atoms with Crippen LogP contribution < -0.4 is 10.1 Å². The second-order valence-corrected chi connectivity index (χ2v) is 5.79. The van der Waals surface area contributed by atoms with Crippen LogP contribution in [0.1, 0.15) is 32.8 Å². The predicted octanol–water partition coefficient (Wildman–Crippen LogP) is 2.23. The van der Waals surface area contributed by atoms with Crippen LogP contribution in [-0.4, -0.2) is 42.6 Å². The fourth-order valence-corrected chi connectivity index (χ4v) is 2.94. The molecule has 4 heteroatoms. The second kappa shape index (κ2) is 7.46. The summed E-state index contributed by atoms with van der Waals surface area (Å²) in [5.74, 6) is 0.895. The number of aryl methyl sites for hydroxylation is 1. The molecule has 2 rings (SSSR count). The number of hydrogen-bond acceptors (Lipinski definition) is 3. The van der Waals surface area contributed by atoms with Gasteiger partial charge in [-0.2, -0.15) is 0 Å². The van der Waals surface area contributed by atoms with Crippen molar-refractivity contribution in [3.63, 3.8) is 0 Å². The Labute approximate surface area is 127 Å². The summed E-state index contributed by atoms with van der Waals surface area (Å²) in [5.41, 5.74) is 1.14. The molecule has 0 saturated carbocycles. The number of amides is 1. The van der Waals surface area contributed by atoms with Gasteiger partial charge in [0.15, 0.2) is 6.61 Å². The Balaban J connectivity index is 1.98. The van der Waals surface area contributed by atoms with Crippen molar-refractivity contribution in [2.24, 2.45) is 0 Å². The third-order valence-electron chi connectivity index (χ3n) is 3.98. The SMILES string of the molecule is CCc1ccccc1OCC(=O)N(C(C)C)C1CCNC1. The molecule has 0 spiro atoms. The van der Waals surface area contributed by atoms with Gasteiger partial charge in [-0.3, -0.25) is 4.79 Å². The maximum absolute atomic E-state index is 12.5. The molecule has 1 N–H and O–H groups in total. The molecule has 1 aromatic rings. The lowest BCUT2D eigenvalue weighted by Gasteiger charge is -2.32. The van der Waals surface area contributed by atoms with Crippen molar-refractivity contribution < 1.29 is 9.53 Å². The van der Waals surface area contributed by atoms with E-state index in [9.17, 15) is 4.79 Å². The van der Waals surface area contributed by atoms with Crippen LogP contribution in [0.15, 0.2) is 24.3 Å². The highest BCUT2D eigenvalue weighted by molar-refractivity contribution is 5.78. The molecule has 0 aliphatic carbocycles. The first-order valence-corrected chi connectivity index (χ1v) is 7.86. The van der Waals surface area contributed by atoms with E-state index in [0.717, 1.165) is 37.2 Å². The first kappa shape index (κ1) is 15.8. The zero-order chi connectivity index (χ0) is 15.2. The van der Waals surface area contributed by atoms with Gasteiger partial charge in [-0.25, -0.2) is 0 Å². The normalized spacial score (nSPS) is 18.0. The molecule has 1 fully saturated rings. The molecule has 1 aliphatic rings. The smallest absolute Gasteiger partial charge is 0.261 e. The van der Waals surface area contributed by atoms with E-state index < -0.39 is 0 Å². The fourth-order valence-electron chi connectivity index (χ4n) is 2.94. The van der Waals surface area contributed by atoms with E-state index in [0.29, 0.717) is 6.04 Å². The van der Waals surface area contributed by atoms with Crippen LogP contribution >= 0.6 is 0 Å². The summed E-state index contributed by atoms with van der Waals surface area (Å²) in [6, 6.07) is 8.41. The predicted molar refractivity (Wildman–Crippen MR) is 84.6 cm³/mol. The number of nitrogens with zero attached hydrogens (tertiary/aromatic N) is 1. The summed E-state index contributed by atoms with van der Waals surface area (Å²) in [7, 11) is 0. The van der Waals surface area contributed by atoms with Crippen molar-refractivity contribution in [1.29, 1.82) is 0 Å². The Bertz CT molecular complexity index is 468. The number of rotatable bonds is 6. The number of benzene rings is 1. The van der Waals surface area contributed by atoms with Gasteiger partial charge in [0.05, 0.1) is 0 Å². The average Bonchev–Trinajstić information content (AvgIpc) is 2.99. The van der Waals surface area contributed by atoms with Crippen LogP contribution in [0.4, 0.5) is 0 Å². The van der Waals surface area contributed by atoms with Crippen LogP contribution in [0.25, 0.3) is 0 Å². The summed E-state index contributed by atoms with van der Waals surface area (Å²) >= 11 is 0. The van der Waals surface area contributed by atoms with Gasteiger partial charge in [0.1, 0.15) is 5.75 Å². The molecular weight excluding hydrogens is 264 g/mol. The number of hydrogen-bond donors (Lipinski definition) is 1. The zero-order valence-corrected chi connectivity index (χ0v) is 13.3. The van der Waals surface area contributed by atoms with Gasteiger partial charge in [-0.1, -0.05) is 25.1 Å². The van der Waals surface area contributed by atoms with Crippen LogP contribution in [0.2, 0.25) is 0 Å². The summed E-state index contributed by atoms with van der Waals surface area (Å²) < 4.78 is 5.77. The Hall–Kier alpha value is -1.55. The number of carbonyl (C=O) groups is 1. The Kier molecular flexibility index (Phi) is 5.62. The molecule has 21 heavy (non-hydrogen) atoms. The van der Waals surface area contributed by atoms with Gasteiger partial charge in [-0.15, -0.1) is 0 Å². The van der Waals surface area contributed by atoms with E-state index in [2.05, 4.69) is 26.1 Å². The summed E-state index contributed by atoms with van der Waals surface area (Å²) in [6.45, 7) is 8.21. The topological polar surface area (TPSA) is 41.6 Å². The zero-order valence-electron chi connectivity index (χ0n) is 13.3. The van der Waals surface area contributed by atoms with Gasteiger partial charge < -0.3 is 15.0 Å². The maximum Gasteiger partial charge on any atom is 0.261 e. The van der Waals surface area contributed by atoms with Gasteiger partial charge in [-0.05, 0) is 44.9 Å². The Morgan fingerprint density at radius 1 is 1.43 bits per heavy atom. The molecule has 116 valence electrons. The van der Waals surface area contributed by atoms with Gasteiger partial charge >= 0.3 is 0 Å². The summed E-state index contributed by atoms with van der Waals surface area (Å²) in [4.78, 5) is 14.5. The van der Waals surface area contributed by atoms with E-state index >= 15 is 0 Å². The van der Waals surface area contributed by atoms with Gasteiger partial charge in [0, 0.05) is 18.6 Å². The average molecular weight is 290 g/mol. The Morgan fingerprint density at radius 2 is 2.19 bits per heavy atom. The first-order chi connectivity index (χ1) is 10.1. The van der Waals surface area contributed by atoms with Gasteiger partial charge in [0.2, 0.25) is 0 Å². The molecular formula is C17H26N2O2. The molecule has 1 aliphatic heterocycles. The van der Waals surface area contributed by atoms with Crippen molar-refractivity contribution in [1.82, 2.24) is 10.2 Å². The first-order valence-electron chi connectivity index (χ1n) is 7.86. The molecule has 4 nitrogen and oxygen atoms in total. The molecule has 1 saturated heterocycles. The van der Waals surface area contributed by atoms with Crippen LogP contribution in [0, 0.1) is 0 Å². The van der Waals surface area contributed by atoms with E-state index in [1.165, 1.54) is 0 Å². The molecule has 1 aromatic carbocycles. The number of carbonyl (C=O) groups excluding carboxylic acids is 1. The van der Waals surface area contributed by atoms with Gasteiger partial charge in [0.25, 0.3) is 5.91 Å². The number of para-hydroxylation sites is 1. The molecule has 0 bridgehead atoms. The van der Waals surface area contributed by atoms with E-state index in [4.69, 9.17) is 4.74 Å². The highest BCUT2D eigenvalue weighted by Gasteiger charge is 2.28. The standard InChI is InChI=1S/C17H26N2O2/c1-4-14-7-5-6-8-16(14)21-12-17(20)19(13(2)3)15-9-10-18-11-15/h5-8,13,15,18H,4,9-12H2,1-3H3. The number of ether oxygens (including phenoxy) is 1. The fraction of sp³-hybridized carbons (Fsp3) is 0.588. The highest BCUT2D eigenvalue weighted by atomic mass is 16.5.